The molecular formula is C6H24O3Si5. The Labute approximate surface area is 96.6 Å². The van der Waals surface area contributed by atoms with Gasteiger partial charge in [0.05, 0.1) is 14.5 Å². The smallest absolute Gasteiger partial charge is 0.198 e. The molecule has 3 nitrogen and oxygen atoms in total. The van der Waals surface area contributed by atoms with E-state index in [1.165, 1.54) is 6.04 Å². The van der Waals surface area contributed by atoms with Crippen LogP contribution in [0.4, 0.5) is 0 Å². The maximum atomic E-state index is 9.99. The minimum absolute atomic E-state index is 0.243. The summed E-state index contributed by atoms with van der Waals surface area (Å²) in [5.41, 5.74) is 0. The predicted molar refractivity (Wildman–Crippen MR) is 76.3 cm³/mol. The summed E-state index contributed by atoms with van der Waals surface area (Å²) in [6.07, 6.45) is 1.34. The fourth-order valence-electron chi connectivity index (χ4n) is 1.08. The molecule has 0 saturated heterocycles. The van der Waals surface area contributed by atoms with E-state index in [-0.39, 0.29) is 6.23 Å². The Bertz CT molecular complexity index is 151. The Morgan fingerprint density at radius 3 is 2.36 bits per heavy atom. The summed E-state index contributed by atoms with van der Waals surface area (Å²) in [5.74, 6) is 0. The molecule has 0 aromatic rings. The van der Waals surface area contributed by atoms with Gasteiger partial charge in [0.1, 0.15) is 6.87 Å². The molecular weight excluding hydrogens is 260 g/mol. The monoisotopic (exact) mass is 284 g/mol. The van der Waals surface area contributed by atoms with Gasteiger partial charge in [-0.2, -0.15) is 0 Å². The fourth-order valence-corrected chi connectivity index (χ4v) is 11.2. The zero-order valence-corrected chi connectivity index (χ0v) is 17.1. The zero-order chi connectivity index (χ0) is 11.2. The van der Waals surface area contributed by atoms with Crippen LogP contribution in [0.25, 0.3) is 0 Å². The van der Waals surface area contributed by atoms with Crippen LogP contribution in [0.1, 0.15) is 6.42 Å². The molecule has 0 aromatic heterocycles. The van der Waals surface area contributed by atoms with Gasteiger partial charge in [-0.25, -0.2) is 0 Å². The fraction of sp³-hybridized carbons (Fsp3) is 1.00. The van der Waals surface area contributed by atoms with Crippen molar-refractivity contribution in [1.29, 1.82) is 0 Å². The first-order valence-corrected chi connectivity index (χ1v) is 20.5. The van der Waals surface area contributed by atoms with Crippen molar-refractivity contribution in [3.05, 3.63) is 0 Å². The van der Waals surface area contributed by atoms with Crippen LogP contribution in [-0.2, 0) is 4.43 Å². The van der Waals surface area contributed by atoms with Crippen LogP contribution in [0.5, 0.6) is 0 Å². The van der Waals surface area contributed by atoms with E-state index in [2.05, 4.69) is 6.55 Å². The van der Waals surface area contributed by atoms with E-state index in [1.807, 2.05) is 6.55 Å². The summed E-state index contributed by atoms with van der Waals surface area (Å²) in [7, 11) is 0.126. The maximum absolute atomic E-state index is 9.99. The largest absolute Gasteiger partial charge is 0.442 e. The van der Waals surface area contributed by atoms with Crippen LogP contribution in [0.2, 0.25) is 19.1 Å². The molecule has 0 saturated carbocycles. The Kier molecular flexibility index (Phi) is 7.77. The molecule has 0 aliphatic rings. The predicted octanol–water partition coefficient (Wildman–Crippen LogP) is -3.12. The van der Waals surface area contributed by atoms with Gasteiger partial charge in [-0.05, 0) is 13.0 Å². The van der Waals surface area contributed by atoms with Gasteiger partial charge in [0, 0.05) is 26.1 Å². The third-order valence-corrected chi connectivity index (χ3v) is 33.5. The highest BCUT2D eigenvalue weighted by molar-refractivity contribution is 7.64. The first-order valence-electron chi connectivity index (χ1n) is 5.32. The molecule has 0 amide bonds. The second kappa shape index (κ2) is 7.27. The molecule has 0 radical (unpaired) electrons. The Morgan fingerprint density at radius 1 is 1.36 bits per heavy atom. The van der Waals surface area contributed by atoms with Gasteiger partial charge in [0.2, 0.25) is 0 Å². The summed E-state index contributed by atoms with van der Waals surface area (Å²) < 4.78 is 5.52. The lowest BCUT2D eigenvalue weighted by Gasteiger charge is -2.22. The third-order valence-electron chi connectivity index (χ3n) is 2.65. The topological polar surface area (TPSA) is 49.7 Å². The van der Waals surface area contributed by atoms with Gasteiger partial charge < -0.3 is 14.3 Å². The van der Waals surface area contributed by atoms with Crippen molar-refractivity contribution in [2.45, 2.75) is 25.6 Å². The number of hydrogen-bond donors (Lipinski definition) is 2. The van der Waals surface area contributed by atoms with Crippen molar-refractivity contribution in [3.8, 4) is 0 Å². The van der Waals surface area contributed by atoms with Crippen LogP contribution in [-0.4, -0.2) is 66.5 Å². The average Bonchev–Trinajstić information content (AvgIpc) is 2.09. The molecule has 0 aliphatic carbocycles. The first-order chi connectivity index (χ1) is 6.38. The molecule has 0 aromatic carbocycles. The van der Waals surface area contributed by atoms with Gasteiger partial charge >= 0.3 is 0 Å². The van der Waals surface area contributed by atoms with Gasteiger partial charge in [-0.15, -0.1) is 0 Å². The number of rotatable bonds is 7. The molecule has 0 heterocycles. The summed E-state index contributed by atoms with van der Waals surface area (Å²) in [6.45, 7) is 3.62. The molecule has 0 bridgehead atoms. The second-order valence-corrected chi connectivity index (χ2v) is 44.8. The average molecular weight is 285 g/mol. The highest BCUT2D eigenvalue weighted by atomic mass is 29.9. The van der Waals surface area contributed by atoms with E-state index in [0.29, 0.717) is 0 Å². The van der Waals surface area contributed by atoms with Crippen molar-refractivity contribution in [1.82, 2.24) is 0 Å². The highest BCUT2D eigenvalue weighted by Crippen LogP contribution is 2.04. The quantitative estimate of drug-likeness (QED) is 0.384. The van der Waals surface area contributed by atoms with Crippen molar-refractivity contribution in [2.75, 3.05) is 12.8 Å². The third kappa shape index (κ3) is 7.28. The molecule has 0 spiro atoms. The number of hydrogen-bond acceptors (Lipinski definition) is 3. The van der Waals surface area contributed by atoms with Gasteiger partial charge in [-0.1, -0.05) is 12.6 Å². The summed E-state index contributed by atoms with van der Waals surface area (Å²) in [4.78, 5) is 9.99. The molecule has 8 heteroatoms. The number of aliphatic hydroxyl groups excluding tert-OH is 1. The van der Waals surface area contributed by atoms with E-state index < -0.39 is 24.2 Å². The van der Waals surface area contributed by atoms with E-state index in [1.54, 1.807) is 0 Å². The lowest BCUT2D eigenvalue weighted by molar-refractivity contribution is 0.278. The van der Waals surface area contributed by atoms with Crippen LogP contribution >= 0.6 is 0 Å². The van der Waals surface area contributed by atoms with E-state index in [9.17, 15) is 4.80 Å². The van der Waals surface area contributed by atoms with Crippen LogP contribution in [0.3, 0.4) is 0 Å². The van der Waals surface area contributed by atoms with Crippen LogP contribution in [0.15, 0.2) is 0 Å². The van der Waals surface area contributed by atoms with Gasteiger partial charge in [0.25, 0.3) is 0 Å². The van der Waals surface area contributed by atoms with Gasteiger partial charge in [-0.3, -0.25) is 0 Å². The standard InChI is InChI=1S/C6H24O3Si5/c1-12(6-7)9-4-3-5-13(2)14(8,10)11/h7-8,12-13H,3-6H2,1-2,10-11H3. The van der Waals surface area contributed by atoms with Crippen molar-refractivity contribution < 1.29 is 14.3 Å². The van der Waals surface area contributed by atoms with E-state index in [4.69, 9.17) is 9.53 Å². The molecule has 2 unspecified atom stereocenters. The molecule has 0 rings (SSSR count). The first kappa shape index (κ1) is 15.0. The molecule has 0 aliphatic heterocycles. The zero-order valence-electron chi connectivity index (χ0n) is 9.79. The molecule has 2 atom stereocenters. The lowest BCUT2D eigenvalue weighted by Crippen LogP contribution is -2.52. The van der Waals surface area contributed by atoms with Gasteiger partial charge in [0.15, 0.2) is 9.04 Å². The molecule has 2 N–H and O–H groups in total. The minimum Gasteiger partial charge on any atom is -0.442 e. The second-order valence-electron chi connectivity index (χ2n) is 4.56. The normalized spacial score (nSPS) is 20.6. The van der Waals surface area contributed by atoms with Crippen molar-refractivity contribution in [3.63, 3.8) is 0 Å². The molecule has 14 heavy (non-hydrogen) atoms. The van der Waals surface area contributed by atoms with Crippen molar-refractivity contribution >= 4 is 43.7 Å². The molecule has 86 valence electrons. The Hall–Kier alpha value is 0.964. The summed E-state index contributed by atoms with van der Waals surface area (Å²) >= 11 is 0. The minimum atomic E-state index is -1.52. The SMILES string of the molecule is C[SiH](CO)OCCC[SiH](C)[Si](O)([SiH3])[SiH3]. The Balaban J connectivity index is 3.46. The highest BCUT2D eigenvalue weighted by Gasteiger charge is 2.25. The summed E-state index contributed by atoms with van der Waals surface area (Å²) in [6, 6.07) is 1.24. The molecule has 0 fully saturated rings. The van der Waals surface area contributed by atoms with Crippen LogP contribution in [0, 0.1) is 0 Å². The maximum Gasteiger partial charge on any atom is 0.198 e. The Morgan fingerprint density at radius 2 is 1.93 bits per heavy atom. The van der Waals surface area contributed by atoms with Crippen molar-refractivity contribution in [2.24, 2.45) is 0 Å². The number of aliphatic hydroxyl groups is 1. The van der Waals surface area contributed by atoms with E-state index in [0.717, 1.165) is 32.5 Å². The van der Waals surface area contributed by atoms with E-state index >= 15 is 0 Å². The summed E-state index contributed by atoms with van der Waals surface area (Å²) in [5, 5.41) is 8.80. The van der Waals surface area contributed by atoms with Crippen LogP contribution < -0.4 is 0 Å². The lowest BCUT2D eigenvalue weighted by atomic mass is 10.5.